The Labute approximate surface area is 106 Å². The van der Waals surface area contributed by atoms with Gasteiger partial charge in [0.15, 0.2) is 0 Å². The average molecular weight is 236 g/mol. The molecule has 2 aliphatic heterocycles. The number of fused-ring (bicyclic) bond motifs is 1. The molecule has 0 aromatic carbocycles. The molecule has 0 aromatic rings. The molecule has 0 aromatic heterocycles. The Bertz CT molecular complexity index is 258. The van der Waals surface area contributed by atoms with Crippen molar-refractivity contribution in [2.45, 2.75) is 70.4 Å². The number of nitrogens with zero attached hydrogens (tertiary/aromatic N) is 1. The van der Waals surface area contributed by atoms with Gasteiger partial charge in [0.1, 0.15) is 0 Å². The lowest BCUT2D eigenvalue weighted by atomic mass is 9.75. The first-order valence-corrected chi connectivity index (χ1v) is 7.74. The molecule has 3 aliphatic rings. The van der Waals surface area contributed by atoms with Crippen LogP contribution in [0.2, 0.25) is 0 Å². The quantitative estimate of drug-likeness (QED) is 0.810. The van der Waals surface area contributed by atoms with E-state index >= 15 is 0 Å². The van der Waals surface area contributed by atoms with Gasteiger partial charge in [0.25, 0.3) is 0 Å². The Morgan fingerprint density at radius 2 is 1.88 bits per heavy atom. The van der Waals surface area contributed by atoms with E-state index in [1.165, 1.54) is 71.0 Å². The third-order valence-corrected chi connectivity index (χ3v) is 5.46. The third-order valence-electron chi connectivity index (χ3n) is 5.46. The van der Waals surface area contributed by atoms with E-state index in [1.54, 1.807) is 0 Å². The van der Waals surface area contributed by atoms with Gasteiger partial charge in [0.05, 0.1) is 0 Å². The molecule has 0 radical (unpaired) electrons. The maximum atomic E-state index is 3.92. The standard InChI is InChI=1S/C15H28N2/c1-15(8-3-2-4-9-15)12-16-13-7-11-17-10-5-6-14(13)17/h13-14,16H,2-12H2,1H3. The Hall–Kier alpha value is -0.0800. The van der Waals surface area contributed by atoms with E-state index in [1.807, 2.05) is 0 Å². The Balaban J connectivity index is 1.50. The van der Waals surface area contributed by atoms with E-state index in [2.05, 4.69) is 17.1 Å². The van der Waals surface area contributed by atoms with E-state index in [4.69, 9.17) is 0 Å². The van der Waals surface area contributed by atoms with Gasteiger partial charge in [0, 0.05) is 25.2 Å². The third kappa shape index (κ3) is 2.53. The average Bonchev–Trinajstić information content (AvgIpc) is 2.90. The molecule has 3 rings (SSSR count). The molecule has 2 unspecified atom stereocenters. The summed E-state index contributed by atoms with van der Waals surface area (Å²) in [7, 11) is 0. The van der Waals surface area contributed by atoms with Gasteiger partial charge in [-0.15, -0.1) is 0 Å². The van der Waals surface area contributed by atoms with Crippen LogP contribution in [0.1, 0.15) is 58.3 Å². The molecule has 2 atom stereocenters. The van der Waals surface area contributed by atoms with Gasteiger partial charge >= 0.3 is 0 Å². The lowest BCUT2D eigenvalue weighted by molar-refractivity contribution is 0.193. The zero-order valence-electron chi connectivity index (χ0n) is 11.4. The van der Waals surface area contributed by atoms with Crippen LogP contribution >= 0.6 is 0 Å². The van der Waals surface area contributed by atoms with Gasteiger partial charge in [-0.25, -0.2) is 0 Å². The van der Waals surface area contributed by atoms with Gasteiger partial charge in [-0.2, -0.15) is 0 Å². The van der Waals surface area contributed by atoms with E-state index < -0.39 is 0 Å². The van der Waals surface area contributed by atoms with Crippen molar-refractivity contribution < 1.29 is 0 Å². The first-order chi connectivity index (χ1) is 8.27. The fraction of sp³-hybridized carbons (Fsp3) is 1.00. The second-order valence-electron chi connectivity index (χ2n) is 6.89. The lowest BCUT2D eigenvalue weighted by Gasteiger charge is -2.35. The molecule has 0 spiro atoms. The van der Waals surface area contributed by atoms with Crippen molar-refractivity contribution in [2.24, 2.45) is 5.41 Å². The molecule has 98 valence electrons. The SMILES string of the molecule is CC1(CNC2CCN3CCCC23)CCCCC1. The van der Waals surface area contributed by atoms with Crippen LogP contribution in [-0.4, -0.2) is 36.6 Å². The van der Waals surface area contributed by atoms with Gasteiger partial charge < -0.3 is 5.32 Å². The molecule has 1 N–H and O–H groups in total. The summed E-state index contributed by atoms with van der Waals surface area (Å²) >= 11 is 0. The van der Waals surface area contributed by atoms with Crippen LogP contribution in [0.25, 0.3) is 0 Å². The predicted octanol–water partition coefficient (Wildman–Crippen LogP) is 2.78. The zero-order valence-corrected chi connectivity index (χ0v) is 11.4. The number of hydrogen-bond donors (Lipinski definition) is 1. The molecule has 2 saturated heterocycles. The predicted molar refractivity (Wildman–Crippen MR) is 72.2 cm³/mol. The van der Waals surface area contributed by atoms with E-state index in [0.29, 0.717) is 5.41 Å². The van der Waals surface area contributed by atoms with Crippen LogP contribution in [0, 0.1) is 5.41 Å². The highest BCUT2D eigenvalue weighted by Gasteiger charge is 2.38. The lowest BCUT2D eigenvalue weighted by Crippen LogP contribution is -2.44. The molecule has 17 heavy (non-hydrogen) atoms. The largest absolute Gasteiger partial charge is 0.312 e. The maximum Gasteiger partial charge on any atom is 0.0250 e. The van der Waals surface area contributed by atoms with E-state index in [9.17, 15) is 0 Å². The molecule has 2 nitrogen and oxygen atoms in total. The highest BCUT2D eigenvalue weighted by Crippen LogP contribution is 2.36. The zero-order chi connectivity index (χ0) is 11.7. The van der Waals surface area contributed by atoms with Crippen LogP contribution in [0.5, 0.6) is 0 Å². The van der Waals surface area contributed by atoms with Crippen molar-refractivity contribution >= 4 is 0 Å². The topological polar surface area (TPSA) is 15.3 Å². The van der Waals surface area contributed by atoms with Crippen LogP contribution in [0.15, 0.2) is 0 Å². The number of nitrogens with one attached hydrogen (secondary N) is 1. The van der Waals surface area contributed by atoms with Crippen LogP contribution in [0.3, 0.4) is 0 Å². The van der Waals surface area contributed by atoms with Gasteiger partial charge in [-0.1, -0.05) is 26.2 Å². The van der Waals surface area contributed by atoms with E-state index in [0.717, 1.165) is 12.1 Å². The Kier molecular flexibility index (Phi) is 3.45. The van der Waals surface area contributed by atoms with Crippen molar-refractivity contribution in [1.29, 1.82) is 0 Å². The fourth-order valence-corrected chi connectivity index (χ4v) is 4.28. The van der Waals surface area contributed by atoms with Gasteiger partial charge in [-0.05, 0) is 44.1 Å². The van der Waals surface area contributed by atoms with Crippen molar-refractivity contribution in [1.82, 2.24) is 10.2 Å². The van der Waals surface area contributed by atoms with Crippen molar-refractivity contribution in [3.63, 3.8) is 0 Å². The number of rotatable bonds is 3. The van der Waals surface area contributed by atoms with Crippen molar-refractivity contribution in [3.8, 4) is 0 Å². The minimum absolute atomic E-state index is 0.601. The molecule has 2 heteroatoms. The smallest absolute Gasteiger partial charge is 0.0250 e. The summed E-state index contributed by atoms with van der Waals surface area (Å²) in [5.74, 6) is 0. The first-order valence-electron chi connectivity index (χ1n) is 7.74. The summed E-state index contributed by atoms with van der Waals surface area (Å²) in [5.41, 5.74) is 0.601. The summed E-state index contributed by atoms with van der Waals surface area (Å²) in [4.78, 5) is 2.71. The summed E-state index contributed by atoms with van der Waals surface area (Å²) in [6.45, 7) is 6.47. The van der Waals surface area contributed by atoms with Gasteiger partial charge in [-0.3, -0.25) is 4.90 Å². The molecule has 0 bridgehead atoms. The van der Waals surface area contributed by atoms with Crippen molar-refractivity contribution in [3.05, 3.63) is 0 Å². The Morgan fingerprint density at radius 3 is 2.71 bits per heavy atom. The minimum Gasteiger partial charge on any atom is -0.312 e. The normalized spacial score (nSPS) is 37.2. The van der Waals surface area contributed by atoms with E-state index in [-0.39, 0.29) is 0 Å². The summed E-state index contributed by atoms with van der Waals surface area (Å²) in [5, 5.41) is 3.92. The number of hydrogen-bond acceptors (Lipinski definition) is 2. The summed E-state index contributed by atoms with van der Waals surface area (Å²) in [6, 6.07) is 1.68. The first kappa shape index (κ1) is 12.0. The highest BCUT2D eigenvalue weighted by atomic mass is 15.2. The highest BCUT2D eigenvalue weighted by molar-refractivity contribution is 4.96. The molecular formula is C15H28N2. The second kappa shape index (κ2) is 4.89. The van der Waals surface area contributed by atoms with Crippen LogP contribution in [0.4, 0.5) is 0 Å². The molecule has 3 fully saturated rings. The molecule has 0 amide bonds. The summed E-state index contributed by atoms with van der Waals surface area (Å²) < 4.78 is 0. The minimum atomic E-state index is 0.601. The molecule has 2 heterocycles. The van der Waals surface area contributed by atoms with Crippen LogP contribution in [-0.2, 0) is 0 Å². The fourth-order valence-electron chi connectivity index (χ4n) is 4.28. The maximum absolute atomic E-state index is 3.92. The Morgan fingerprint density at radius 1 is 1.06 bits per heavy atom. The van der Waals surface area contributed by atoms with Crippen molar-refractivity contribution in [2.75, 3.05) is 19.6 Å². The van der Waals surface area contributed by atoms with Gasteiger partial charge in [0.2, 0.25) is 0 Å². The molecular weight excluding hydrogens is 208 g/mol. The molecule has 1 aliphatic carbocycles. The summed E-state index contributed by atoms with van der Waals surface area (Å²) in [6.07, 6.45) is 11.5. The second-order valence-corrected chi connectivity index (χ2v) is 6.89. The van der Waals surface area contributed by atoms with Crippen LogP contribution < -0.4 is 5.32 Å². The monoisotopic (exact) mass is 236 g/mol. The molecule has 1 saturated carbocycles.